The SMILES string of the molecule is c1ccc(-c2cc3c4ccccc4n(-c4ccccc4)c3c3ccccc23)cc1. The van der Waals surface area contributed by atoms with Crippen LogP contribution in [0.25, 0.3) is 49.4 Å². The van der Waals surface area contributed by atoms with Gasteiger partial charge >= 0.3 is 0 Å². The molecule has 6 aromatic rings. The van der Waals surface area contributed by atoms with E-state index in [9.17, 15) is 0 Å². The molecule has 0 saturated heterocycles. The normalized spacial score (nSPS) is 11.4. The highest BCUT2D eigenvalue weighted by atomic mass is 15.0. The van der Waals surface area contributed by atoms with Gasteiger partial charge in [0, 0.05) is 21.8 Å². The van der Waals surface area contributed by atoms with E-state index in [1.54, 1.807) is 0 Å². The van der Waals surface area contributed by atoms with E-state index in [0.29, 0.717) is 0 Å². The van der Waals surface area contributed by atoms with E-state index in [2.05, 4.69) is 120 Å². The summed E-state index contributed by atoms with van der Waals surface area (Å²) in [6.07, 6.45) is 0. The molecule has 0 radical (unpaired) electrons. The van der Waals surface area contributed by atoms with Crippen molar-refractivity contribution in [2.75, 3.05) is 0 Å². The smallest absolute Gasteiger partial charge is 0.0619 e. The molecule has 0 bridgehead atoms. The molecule has 0 amide bonds. The van der Waals surface area contributed by atoms with Crippen molar-refractivity contribution in [3.8, 4) is 16.8 Å². The Labute approximate surface area is 169 Å². The van der Waals surface area contributed by atoms with Crippen LogP contribution in [0.15, 0.2) is 115 Å². The second-order valence-corrected chi connectivity index (χ2v) is 7.42. The van der Waals surface area contributed by atoms with Crippen molar-refractivity contribution in [2.45, 2.75) is 0 Å². The molecule has 1 heteroatoms. The first-order chi connectivity index (χ1) is 14.4. The average molecular weight is 369 g/mol. The highest BCUT2D eigenvalue weighted by Gasteiger charge is 2.17. The van der Waals surface area contributed by atoms with E-state index in [1.807, 2.05) is 0 Å². The van der Waals surface area contributed by atoms with Crippen molar-refractivity contribution in [3.05, 3.63) is 115 Å². The first-order valence-corrected chi connectivity index (χ1v) is 9.97. The summed E-state index contributed by atoms with van der Waals surface area (Å²) in [4.78, 5) is 0. The molecule has 1 heterocycles. The summed E-state index contributed by atoms with van der Waals surface area (Å²) in [5, 5.41) is 5.14. The van der Waals surface area contributed by atoms with Gasteiger partial charge in [-0.1, -0.05) is 91.0 Å². The van der Waals surface area contributed by atoms with E-state index in [1.165, 1.54) is 49.4 Å². The molecule has 1 aromatic heterocycles. The van der Waals surface area contributed by atoms with E-state index >= 15 is 0 Å². The maximum atomic E-state index is 2.40. The molecular weight excluding hydrogens is 350 g/mol. The summed E-state index contributed by atoms with van der Waals surface area (Å²) in [5.74, 6) is 0. The zero-order chi connectivity index (χ0) is 19.2. The van der Waals surface area contributed by atoms with Crippen LogP contribution in [0.5, 0.6) is 0 Å². The molecule has 0 atom stereocenters. The highest BCUT2D eigenvalue weighted by molar-refractivity contribution is 6.22. The number of benzene rings is 5. The molecule has 29 heavy (non-hydrogen) atoms. The van der Waals surface area contributed by atoms with Crippen molar-refractivity contribution in [1.29, 1.82) is 0 Å². The van der Waals surface area contributed by atoms with Gasteiger partial charge in [-0.2, -0.15) is 0 Å². The lowest BCUT2D eigenvalue weighted by atomic mass is 9.95. The molecule has 0 spiro atoms. The van der Waals surface area contributed by atoms with Crippen LogP contribution in [0.3, 0.4) is 0 Å². The number of hydrogen-bond acceptors (Lipinski definition) is 0. The minimum atomic E-state index is 1.19. The fourth-order valence-electron chi connectivity index (χ4n) is 4.52. The molecule has 136 valence electrons. The summed E-state index contributed by atoms with van der Waals surface area (Å²) >= 11 is 0. The van der Waals surface area contributed by atoms with Crippen molar-refractivity contribution >= 4 is 32.6 Å². The minimum absolute atomic E-state index is 1.19. The van der Waals surface area contributed by atoms with Gasteiger partial charge in [0.15, 0.2) is 0 Å². The monoisotopic (exact) mass is 369 g/mol. The van der Waals surface area contributed by atoms with Gasteiger partial charge in [0.2, 0.25) is 0 Å². The lowest BCUT2D eigenvalue weighted by Crippen LogP contribution is -1.94. The average Bonchev–Trinajstić information content (AvgIpc) is 3.14. The van der Waals surface area contributed by atoms with Gasteiger partial charge in [-0.05, 0) is 40.8 Å². The molecular formula is C28H19N. The first-order valence-electron chi connectivity index (χ1n) is 9.97. The second kappa shape index (κ2) is 6.35. The minimum Gasteiger partial charge on any atom is -0.309 e. The van der Waals surface area contributed by atoms with Crippen LogP contribution in [0.1, 0.15) is 0 Å². The van der Waals surface area contributed by atoms with Crippen molar-refractivity contribution in [2.24, 2.45) is 0 Å². The standard InChI is InChI=1S/C28H19N/c1-3-11-20(12-4-1)25-19-26-23-16-9-10-18-27(23)29(21-13-5-2-6-14-21)28(26)24-17-8-7-15-22(24)25/h1-19H. The fourth-order valence-corrected chi connectivity index (χ4v) is 4.52. The third kappa shape index (κ3) is 2.41. The van der Waals surface area contributed by atoms with Crippen LogP contribution >= 0.6 is 0 Å². The number of para-hydroxylation sites is 2. The Hall–Kier alpha value is -3.84. The van der Waals surface area contributed by atoms with Crippen LogP contribution < -0.4 is 0 Å². The summed E-state index contributed by atoms with van der Waals surface area (Å²) in [7, 11) is 0. The molecule has 0 aliphatic heterocycles. The number of aromatic nitrogens is 1. The Kier molecular flexibility index (Phi) is 3.54. The van der Waals surface area contributed by atoms with Gasteiger partial charge in [0.1, 0.15) is 0 Å². The number of fused-ring (bicyclic) bond motifs is 5. The second-order valence-electron chi connectivity index (χ2n) is 7.42. The largest absolute Gasteiger partial charge is 0.309 e. The van der Waals surface area contributed by atoms with Gasteiger partial charge in [-0.3, -0.25) is 0 Å². The summed E-state index contributed by atoms with van der Waals surface area (Å²) in [6, 6.07) is 41.2. The number of nitrogens with zero attached hydrogens (tertiary/aromatic N) is 1. The summed E-state index contributed by atoms with van der Waals surface area (Å²) < 4.78 is 2.40. The Morgan fingerprint density at radius 2 is 1.03 bits per heavy atom. The van der Waals surface area contributed by atoms with Gasteiger partial charge < -0.3 is 4.57 Å². The lowest BCUT2D eigenvalue weighted by molar-refractivity contribution is 1.19. The van der Waals surface area contributed by atoms with Crippen LogP contribution in [0, 0.1) is 0 Å². The summed E-state index contributed by atoms with van der Waals surface area (Å²) in [6.45, 7) is 0. The molecule has 5 aromatic carbocycles. The van der Waals surface area contributed by atoms with Crippen molar-refractivity contribution in [3.63, 3.8) is 0 Å². The Morgan fingerprint density at radius 3 is 1.79 bits per heavy atom. The van der Waals surface area contributed by atoms with Gasteiger partial charge in [0.25, 0.3) is 0 Å². The van der Waals surface area contributed by atoms with Crippen LogP contribution in [0.2, 0.25) is 0 Å². The predicted molar refractivity (Wildman–Crippen MR) is 124 cm³/mol. The molecule has 0 saturated carbocycles. The van der Waals surface area contributed by atoms with Gasteiger partial charge in [0.05, 0.1) is 11.0 Å². The quantitative estimate of drug-likeness (QED) is 0.296. The van der Waals surface area contributed by atoms with E-state index in [4.69, 9.17) is 0 Å². The predicted octanol–water partition coefficient (Wildman–Crippen LogP) is 7.60. The number of hydrogen-bond donors (Lipinski definition) is 0. The Morgan fingerprint density at radius 1 is 0.448 bits per heavy atom. The molecule has 0 aliphatic carbocycles. The molecule has 1 nitrogen and oxygen atoms in total. The maximum Gasteiger partial charge on any atom is 0.0619 e. The van der Waals surface area contributed by atoms with Crippen LogP contribution in [0.4, 0.5) is 0 Å². The van der Waals surface area contributed by atoms with E-state index < -0.39 is 0 Å². The van der Waals surface area contributed by atoms with Crippen molar-refractivity contribution in [1.82, 2.24) is 4.57 Å². The number of rotatable bonds is 2. The van der Waals surface area contributed by atoms with Gasteiger partial charge in [-0.25, -0.2) is 0 Å². The highest BCUT2D eigenvalue weighted by Crippen LogP contribution is 2.40. The van der Waals surface area contributed by atoms with Crippen LogP contribution in [-0.2, 0) is 0 Å². The topological polar surface area (TPSA) is 4.93 Å². The van der Waals surface area contributed by atoms with E-state index in [0.717, 1.165) is 0 Å². The molecule has 0 unspecified atom stereocenters. The zero-order valence-corrected chi connectivity index (χ0v) is 15.9. The van der Waals surface area contributed by atoms with E-state index in [-0.39, 0.29) is 0 Å². The van der Waals surface area contributed by atoms with Gasteiger partial charge in [-0.15, -0.1) is 0 Å². The third-order valence-electron chi connectivity index (χ3n) is 5.77. The van der Waals surface area contributed by atoms with Crippen LogP contribution in [-0.4, -0.2) is 4.57 Å². The third-order valence-corrected chi connectivity index (χ3v) is 5.77. The molecule has 0 N–H and O–H groups in total. The maximum absolute atomic E-state index is 2.40. The molecule has 6 rings (SSSR count). The Balaban J connectivity index is 1.87. The zero-order valence-electron chi connectivity index (χ0n) is 15.9. The molecule has 0 aliphatic rings. The first kappa shape index (κ1) is 16.1. The lowest BCUT2D eigenvalue weighted by Gasteiger charge is -2.12. The summed E-state index contributed by atoms with van der Waals surface area (Å²) in [5.41, 5.74) is 6.24. The fraction of sp³-hybridized carbons (Fsp3) is 0. The molecule has 0 fully saturated rings. The van der Waals surface area contributed by atoms with Crippen molar-refractivity contribution < 1.29 is 0 Å². The Bertz CT molecular complexity index is 1480.